The Morgan fingerprint density at radius 2 is 1.74 bits per heavy atom. The van der Waals surface area contributed by atoms with Crippen LogP contribution in [-0.2, 0) is 9.59 Å². The minimum absolute atomic E-state index is 0.0584. The monoisotopic (exact) mass is 271 g/mol. The molecule has 4 N–H and O–H groups in total. The largest absolute Gasteiger partial charge is 0.354 e. The second kappa shape index (κ2) is 8.91. The Hall–Kier alpha value is -1.10. The smallest absolute Gasteiger partial charge is 0.239 e. The predicted molar refractivity (Wildman–Crippen MR) is 77.5 cm³/mol. The molecule has 0 saturated heterocycles. The molecule has 0 spiro atoms. The summed E-state index contributed by atoms with van der Waals surface area (Å²) >= 11 is 0. The zero-order valence-corrected chi connectivity index (χ0v) is 12.7. The van der Waals surface area contributed by atoms with Crippen LogP contribution in [0.5, 0.6) is 0 Å². The maximum Gasteiger partial charge on any atom is 0.239 e. The van der Waals surface area contributed by atoms with E-state index in [2.05, 4.69) is 24.5 Å². The molecule has 0 aromatic carbocycles. The number of rotatable bonds is 9. The van der Waals surface area contributed by atoms with Gasteiger partial charge in [0.15, 0.2) is 0 Å². The molecule has 0 atom stereocenters. The van der Waals surface area contributed by atoms with Gasteiger partial charge in [0.25, 0.3) is 0 Å². The molecule has 0 aliphatic heterocycles. The lowest BCUT2D eigenvalue weighted by molar-refractivity contribution is -0.126. The van der Waals surface area contributed by atoms with Gasteiger partial charge in [0, 0.05) is 13.0 Å². The molecule has 0 heterocycles. The Bertz CT molecular complexity index is 288. The third kappa shape index (κ3) is 10.5. The van der Waals surface area contributed by atoms with E-state index in [9.17, 15) is 9.59 Å². The molecule has 0 aromatic heterocycles. The van der Waals surface area contributed by atoms with E-state index in [1.54, 1.807) is 0 Å². The molecule has 5 heteroatoms. The zero-order valence-electron chi connectivity index (χ0n) is 12.7. The van der Waals surface area contributed by atoms with Crippen molar-refractivity contribution in [3.05, 3.63) is 0 Å². The predicted octanol–water partition coefficient (Wildman–Crippen LogP) is 1.03. The Kier molecular flexibility index (Phi) is 8.39. The average Bonchev–Trinajstić information content (AvgIpc) is 2.31. The standard InChI is InChI=1S/C14H29N3O2/c1-11(2)9-16-13(19)10-17-12(18)5-6-14(3,4)7-8-15/h11H,5-10,15H2,1-4H3,(H,16,19)(H,17,18). The number of amides is 2. The van der Waals surface area contributed by atoms with Crippen molar-refractivity contribution in [1.29, 1.82) is 0 Å². The lowest BCUT2D eigenvalue weighted by atomic mass is 9.84. The summed E-state index contributed by atoms with van der Waals surface area (Å²) in [5, 5.41) is 5.40. The molecule has 112 valence electrons. The fourth-order valence-corrected chi connectivity index (χ4v) is 1.62. The van der Waals surface area contributed by atoms with Gasteiger partial charge in [-0.05, 0) is 30.7 Å². The van der Waals surface area contributed by atoms with E-state index in [-0.39, 0.29) is 23.8 Å². The average molecular weight is 271 g/mol. The molecule has 0 aromatic rings. The van der Waals surface area contributed by atoms with Crippen LogP contribution in [0.1, 0.15) is 47.0 Å². The van der Waals surface area contributed by atoms with Crippen molar-refractivity contribution < 1.29 is 9.59 Å². The number of nitrogens with one attached hydrogen (secondary N) is 2. The number of carbonyl (C=O) groups excluding carboxylic acids is 2. The van der Waals surface area contributed by atoms with E-state index < -0.39 is 0 Å². The van der Waals surface area contributed by atoms with Crippen molar-refractivity contribution in [2.75, 3.05) is 19.6 Å². The van der Waals surface area contributed by atoms with Crippen molar-refractivity contribution in [3.63, 3.8) is 0 Å². The van der Waals surface area contributed by atoms with Gasteiger partial charge < -0.3 is 16.4 Å². The van der Waals surface area contributed by atoms with Crippen LogP contribution in [0.15, 0.2) is 0 Å². The van der Waals surface area contributed by atoms with E-state index >= 15 is 0 Å². The molecule has 0 fully saturated rings. The number of carbonyl (C=O) groups is 2. The third-order valence-corrected chi connectivity index (χ3v) is 3.00. The molecule has 2 amide bonds. The molecular weight excluding hydrogens is 242 g/mol. The van der Waals surface area contributed by atoms with Gasteiger partial charge in [-0.15, -0.1) is 0 Å². The van der Waals surface area contributed by atoms with Gasteiger partial charge in [0.1, 0.15) is 0 Å². The van der Waals surface area contributed by atoms with Gasteiger partial charge in [-0.3, -0.25) is 9.59 Å². The van der Waals surface area contributed by atoms with E-state index in [1.807, 2.05) is 13.8 Å². The van der Waals surface area contributed by atoms with Crippen LogP contribution in [0.2, 0.25) is 0 Å². The molecule has 0 saturated carbocycles. The third-order valence-electron chi connectivity index (χ3n) is 3.00. The molecule has 19 heavy (non-hydrogen) atoms. The Labute approximate surface area is 116 Å². The van der Waals surface area contributed by atoms with Gasteiger partial charge in [-0.1, -0.05) is 27.7 Å². The van der Waals surface area contributed by atoms with E-state index in [0.717, 1.165) is 12.8 Å². The summed E-state index contributed by atoms with van der Waals surface area (Å²) in [6.45, 7) is 9.58. The Morgan fingerprint density at radius 1 is 1.11 bits per heavy atom. The molecule has 0 aliphatic carbocycles. The summed E-state index contributed by atoms with van der Waals surface area (Å²) in [6, 6.07) is 0. The van der Waals surface area contributed by atoms with Crippen molar-refractivity contribution in [2.45, 2.75) is 47.0 Å². The van der Waals surface area contributed by atoms with Crippen LogP contribution in [-0.4, -0.2) is 31.4 Å². The lowest BCUT2D eigenvalue weighted by Crippen LogP contribution is -2.38. The molecule has 0 bridgehead atoms. The van der Waals surface area contributed by atoms with Gasteiger partial charge >= 0.3 is 0 Å². The first kappa shape index (κ1) is 17.9. The second-order valence-corrected chi connectivity index (χ2v) is 6.18. The Morgan fingerprint density at radius 3 is 2.26 bits per heavy atom. The fraction of sp³-hybridized carbons (Fsp3) is 0.857. The number of hydrogen-bond acceptors (Lipinski definition) is 3. The van der Waals surface area contributed by atoms with Gasteiger partial charge in [0.05, 0.1) is 6.54 Å². The highest BCUT2D eigenvalue weighted by Crippen LogP contribution is 2.25. The van der Waals surface area contributed by atoms with Gasteiger partial charge in [-0.2, -0.15) is 0 Å². The summed E-state index contributed by atoms with van der Waals surface area (Å²) in [5.41, 5.74) is 5.60. The van der Waals surface area contributed by atoms with Gasteiger partial charge in [-0.25, -0.2) is 0 Å². The number of hydrogen-bond donors (Lipinski definition) is 3. The first-order valence-corrected chi connectivity index (χ1v) is 7.00. The molecule has 0 rings (SSSR count). The Balaban J connectivity index is 3.78. The van der Waals surface area contributed by atoms with Crippen LogP contribution < -0.4 is 16.4 Å². The van der Waals surface area contributed by atoms with Crippen molar-refractivity contribution >= 4 is 11.8 Å². The summed E-state index contributed by atoms with van der Waals surface area (Å²) in [6.07, 6.45) is 2.11. The minimum Gasteiger partial charge on any atom is -0.354 e. The summed E-state index contributed by atoms with van der Waals surface area (Å²) in [4.78, 5) is 23.0. The quantitative estimate of drug-likeness (QED) is 0.585. The molecule has 0 aliphatic rings. The van der Waals surface area contributed by atoms with Crippen LogP contribution >= 0.6 is 0 Å². The normalized spacial score (nSPS) is 11.5. The van der Waals surface area contributed by atoms with Crippen molar-refractivity contribution in [3.8, 4) is 0 Å². The van der Waals surface area contributed by atoms with Crippen molar-refractivity contribution in [2.24, 2.45) is 17.1 Å². The van der Waals surface area contributed by atoms with E-state index in [0.29, 0.717) is 25.4 Å². The minimum atomic E-state index is -0.136. The zero-order chi connectivity index (χ0) is 14.9. The highest BCUT2D eigenvalue weighted by molar-refractivity contribution is 5.84. The number of nitrogens with two attached hydrogens (primary N) is 1. The second-order valence-electron chi connectivity index (χ2n) is 6.18. The highest BCUT2D eigenvalue weighted by Gasteiger charge is 2.18. The van der Waals surface area contributed by atoms with E-state index in [4.69, 9.17) is 5.73 Å². The molecule has 5 nitrogen and oxygen atoms in total. The first-order chi connectivity index (χ1) is 8.76. The maximum absolute atomic E-state index is 11.6. The first-order valence-electron chi connectivity index (χ1n) is 7.00. The molecular formula is C14H29N3O2. The van der Waals surface area contributed by atoms with Crippen LogP contribution in [0, 0.1) is 11.3 Å². The summed E-state index contributed by atoms with van der Waals surface area (Å²) < 4.78 is 0. The summed E-state index contributed by atoms with van der Waals surface area (Å²) in [5.74, 6) is 0.199. The lowest BCUT2D eigenvalue weighted by Gasteiger charge is -2.23. The van der Waals surface area contributed by atoms with Crippen LogP contribution in [0.25, 0.3) is 0 Å². The van der Waals surface area contributed by atoms with Gasteiger partial charge in [0.2, 0.25) is 11.8 Å². The SMILES string of the molecule is CC(C)CNC(=O)CNC(=O)CCC(C)(C)CCN. The summed E-state index contributed by atoms with van der Waals surface area (Å²) in [7, 11) is 0. The maximum atomic E-state index is 11.6. The van der Waals surface area contributed by atoms with Crippen LogP contribution in [0.4, 0.5) is 0 Å². The van der Waals surface area contributed by atoms with Crippen molar-refractivity contribution in [1.82, 2.24) is 10.6 Å². The fourth-order valence-electron chi connectivity index (χ4n) is 1.62. The molecule has 0 radical (unpaired) electrons. The van der Waals surface area contributed by atoms with E-state index in [1.165, 1.54) is 0 Å². The topological polar surface area (TPSA) is 84.2 Å². The van der Waals surface area contributed by atoms with Crippen LogP contribution in [0.3, 0.4) is 0 Å². The highest BCUT2D eigenvalue weighted by atomic mass is 16.2. The molecule has 0 unspecified atom stereocenters.